The van der Waals surface area contributed by atoms with Crippen LogP contribution in [0.3, 0.4) is 0 Å². The maximum Gasteiger partial charge on any atom is 0.332 e. The van der Waals surface area contributed by atoms with Crippen LogP contribution in [0.4, 0.5) is 0 Å². The highest BCUT2D eigenvalue weighted by Crippen LogP contribution is 2.39. The molecule has 0 saturated heterocycles. The van der Waals surface area contributed by atoms with Crippen molar-refractivity contribution >= 4 is 23.9 Å². The van der Waals surface area contributed by atoms with E-state index in [2.05, 4.69) is 73.8 Å². The molecular weight excluding hydrogens is 568 g/mol. The molecule has 242 valence electrons. The van der Waals surface area contributed by atoms with Gasteiger partial charge in [0.05, 0.1) is 36.4 Å². The number of rotatable bonds is 15. The Bertz CT molecular complexity index is 1160. The average Bonchev–Trinajstić information content (AvgIpc) is 2.92. The zero-order chi connectivity index (χ0) is 34.0. The Morgan fingerprint density at radius 3 is 1.25 bits per heavy atom. The van der Waals surface area contributed by atoms with Crippen molar-refractivity contribution in [2.75, 3.05) is 0 Å². The van der Waals surface area contributed by atoms with Gasteiger partial charge in [-0.1, -0.05) is 73.8 Å². The number of aryl methyl sites for hydroxylation is 2. The average molecular weight is 615 g/mol. The summed E-state index contributed by atoms with van der Waals surface area (Å²) in [6.07, 6.45) is -0.580. The van der Waals surface area contributed by atoms with E-state index < -0.39 is 53.5 Å². The number of carboxylic acid groups (broad SMARTS) is 4. The molecule has 0 heterocycles. The Morgan fingerprint density at radius 2 is 1.02 bits per heavy atom. The van der Waals surface area contributed by atoms with Gasteiger partial charge in [0, 0.05) is 5.57 Å². The molecule has 2 aromatic carbocycles. The Kier molecular flexibility index (Phi) is 17.9. The van der Waals surface area contributed by atoms with E-state index >= 15 is 0 Å². The van der Waals surface area contributed by atoms with E-state index in [0.29, 0.717) is 0 Å². The van der Waals surface area contributed by atoms with Gasteiger partial charge in [0.1, 0.15) is 0 Å². The lowest BCUT2D eigenvalue weighted by atomic mass is 9.71. The second kappa shape index (κ2) is 19.8. The lowest BCUT2D eigenvalue weighted by Gasteiger charge is -2.41. The van der Waals surface area contributed by atoms with Crippen molar-refractivity contribution in [3.63, 3.8) is 0 Å². The van der Waals surface area contributed by atoms with Gasteiger partial charge in [-0.05, 0) is 65.5 Å². The van der Waals surface area contributed by atoms with Gasteiger partial charge in [0.2, 0.25) is 0 Å². The van der Waals surface area contributed by atoms with Crippen molar-refractivity contribution < 1.29 is 49.1 Å². The number of ether oxygens (including phenoxy) is 2. The van der Waals surface area contributed by atoms with E-state index in [4.69, 9.17) is 19.7 Å². The first-order chi connectivity index (χ1) is 20.5. The smallest absolute Gasteiger partial charge is 0.332 e. The quantitative estimate of drug-likeness (QED) is 0.177. The first kappa shape index (κ1) is 39.7. The van der Waals surface area contributed by atoms with Crippen LogP contribution in [-0.4, -0.2) is 68.7 Å². The van der Waals surface area contributed by atoms with Crippen molar-refractivity contribution in [2.45, 2.75) is 85.2 Å². The molecule has 2 aromatic rings. The molecule has 10 nitrogen and oxygen atoms in total. The van der Waals surface area contributed by atoms with Crippen LogP contribution >= 0.6 is 0 Å². The maximum absolute atomic E-state index is 11.9. The van der Waals surface area contributed by atoms with Crippen molar-refractivity contribution in [2.24, 2.45) is 5.41 Å². The van der Waals surface area contributed by atoms with E-state index in [0.717, 1.165) is 12.8 Å². The van der Waals surface area contributed by atoms with Crippen LogP contribution < -0.4 is 0 Å². The van der Waals surface area contributed by atoms with Crippen LogP contribution in [0, 0.1) is 5.41 Å². The van der Waals surface area contributed by atoms with Gasteiger partial charge in [0.15, 0.2) is 5.41 Å². The van der Waals surface area contributed by atoms with Gasteiger partial charge >= 0.3 is 23.9 Å². The Labute approximate surface area is 259 Å². The van der Waals surface area contributed by atoms with E-state index in [1.165, 1.54) is 25.0 Å². The highest BCUT2D eigenvalue weighted by Gasteiger charge is 2.55. The van der Waals surface area contributed by atoms with E-state index in [-0.39, 0.29) is 17.8 Å². The van der Waals surface area contributed by atoms with E-state index in [9.17, 15) is 29.4 Å². The first-order valence-corrected chi connectivity index (χ1v) is 14.1. The predicted molar refractivity (Wildman–Crippen MR) is 168 cm³/mol. The number of carboxylic acids is 4. The van der Waals surface area contributed by atoms with E-state index in [1.807, 2.05) is 0 Å². The van der Waals surface area contributed by atoms with Crippen LogP contribution in [0.15, 0.2) is 85.0 Å². The molecule has 10 heteroatoms. The van der Waals surface area contributed by atoms with Crippen LogP contribution in [0.5, 0.6) is 0 Å². The molecular formula is C34H46O10. The third-order valence-corrected chi connectivity index (χ3v) is 6.40. The highest BCUT2D eigenvalue weighted by molar-refractivity contribution is 5.97. The minimum absolute atomic E-state index is 0.258. The van der Waals surface area contributed by atoms with Gasteiger partial charge in [0.25, 0.3) is 0 Å². The van der Waals surface area contributed by atoms with Gasteiger partial charge in [-0.3, -0.25) is 9.59 Å². The summed E-state index contributed by atoms with van der Waals surface area (Å²) in [6, 6.07) is 21.2. The fourth-order valence-corrected chi connectivity index (χ4v) is 4.34. The zero-order valence-corrected chi connectivity index (χ0v) is 26.4. The van der Waals surface area contributed by atoms with Crippen molar-refractivity contribution in [1.82, 2.24) is 0 Å². The summed E-state index contributed by atoms with van der Waals surface area (Å²) in [5.41, 5.74) is 0.215. The van der Waals surface area contributed by atoms with Gasteiger partial charge < -0.3 is 29.9 Å². The number of hydrogen-bond acceptors (Lipinski definition) is 6. The molecule has 0 aliphatic rings. The molecule has 44 heavy (non-hydrogen) atoms. The summed E-state index contributed by atoms with van der Waals surface area (Å²) in [7, 11) is 0. The van der Waals surface area contributed by atoms with Gasteiger partial charge in [-0.15, -0.1) is 0 Å². The highest BCUT2D eigenvalue weighted by atomic mass is 16.5. The van der Waals surface area contributed by atoms with Gasteiger partial charge in [-0.2, -0.15) is 0 Å². The molecule has 2 atom stereocenters. The zero-order valence-electron chi connectivity index (χ0n) is 26.4. The lowest BCUT2D eigenvalue weighted by molar-refractivity contribution is -0.179. The monoisotopic (exact) mass is 614 g/mol. The second-order valence-electron chi connectivity index (χ2n) is 10.6. The minimum Gasteiger partial charge on any atom is -0.481 e. The van der Waals surface area contributed by atoms with Crippen LogP contribution in [0.25, 0.3) is 0 Å². The fourth-order valence-electron chi connectivity index (χ4n) is 4.34. The lowest BCUT2D eigenvalue weighted by Crippen LogP contribution is -2.54. The molecule has 0 aliphatic heterocycles. The normalized spacial score (nSPS) is 13.2. The molecule has 2 rings (SSSR count). The topological polar surface area (TPSA) is 168 Å². The summed E-state index contributed by atoms with van der Waals surface area (Å²) >= 11 is 0. The minimum atomic E-state index is -1.86. The maximum atomic E-state index is 11.9. The van der Waals surface area contributed by atoms with Crippen molar-refractivity contribution in [3.05, 3.63) is 96.1 Å². The van der Waals surface area contributed by atoms with Gasteiger partial charge in [-0.25, -0.2) is 9.59 Å². The summed E-state index contributed by atoms with van der Waals surface area (Å²) in [5.74, 6) is -5.15. The third-order valence-electron chi connectivity index (χ3n) is 6.40. The number of hydrogen-bond donors (Lipinski definition) is 4. The van der Waals surface area contributed by atoms with E-state index in [1.54, 1.807) is 27.7 Å². The third kappa shape index (κ3) is 13.8. The SMILES string of the molecule is C=C(C(=O)O)C(C(=O)O)(C(C)OC(C)C)C(C)OC(C)C.C=C(CC(=O)O)C(=O)O.c1ccc(CCc2ccccc2)cc1. The van der Waals surface area contributed by atoms with Crippen LogP contribution in [0.2, 0.25) is 0 Å². The summed E-state index contributed by atoms with van der Waals surface area (Å²) in [5, 5.41) is 35.1. The number of aliphatic carboxylic acids is 4. The van der Waals surface area contributed by atoms with Crippen molar-refractivity contribution in [1.29, 1.82) is 0 Å². The molecule has 2 unspecified atom stereocenters. The van der Waals surface area contributed by atoms with Crippen LogP contribution in [-0.2, 0) is 41.5 Å². The Balaban J connectivity index is 0.000000687. The van der Waals surface area contributed by atoms with Crippen LogP contribution in [0.1, 0.15) is 59.1 Å². The molecule has 0 aliphatic carbocycles. The summed E-state index contributed by atoms with van der Waals surface area (Å²) < 4.78 is 11.1. The Morgan fingerprint density at radius 1 is 0.659 bits per heavy atom. The standard InChI is InChI=1S/C15H26O6.C14H14.C5H6O4/c1-8(2)20-11(6)15(14(18)19,10(5)13(16)17)12(7)21-9(3)4;1-3-7-13(8-4-1)11-12-14-9-5-2-6-10-14;1-3(5(8)9)2-4(6)7/h8-9,11-12H,5H2,1-4,6-7H3,(H,16,17)(H,18,19);1-10H,11-12H2;1-2H2,(H,6,7)(H,8,9). The summed E-state index contributed by atoms with van der Waals surface area (Å²) in [6.45, 7) is 16.5. The number of benzene rings is 2. The molecule has 0 spiro atoms. The first-order valence-electron chi connectivity index (χ1n) is 14.1. The molecule has 0 saturated carbocycles. The van der Waals surface area contributed by atoms with Crippen molar-refractivity contribution in [3.8, 4) is 0 Å². The Hall–Kier alpha value is -4.28. The molecule has 0 radical (unpaired) electrons. The molecule has 4 N–H and O–H groups in total. The summed E-state index contributed by atoms with van der Waals surface area (Å²) in [4.78, 5) is 42.9. The fraction of sp³-hybridized carbons (Fsp3) is 0.412. The number of carbonyl (C=O) groups is 4. The molecule has 0 fully saturated rings. The second-order valence-corrected chi connectivity index (χ2v) is 10.6. The molecule has 0 amide bonds. The predicted octanol–water partition coefficient (Wildman–Crippen LogP) is 5.90. The molecule has 0 bridgehead atoms. The largest absolute Gasteiger partial charge is 0.481 e. The molecule has 0 aromatic heterocycles.